The second-order valence-electron chi connectivity index (χ2n) is 11.9. The fraction of sp³-hybridized carbons (Fsp3) is 0.162. The molecule has 10 nitrogen and oxygen atoms in total. The van der Waals surface area contributed by atoms with Gasteiger partial charge in [0.1, 0.15) is 12.4 Å². The lowest BCUT2D eigenvalue weighted by Gasteiger charge is -2.22. The van der Waals surface area contributed by atoms with E-state index in [4.69, 9.17) is 10.5 Å². The Hall–Kier alpha value is -4.85. The third-order valence-corrected chi connectivity index (χ3v) is 10.3. The summed E-state index contributed by atoms with van der Waals surface area (Å²) in [5.74, 6) is 0.122. The summed E-state index contributed by atoms with van der Waals surface area (Å²) in [7, 11) is -8.75. The van der Waals surface area contributed by atoms with Gasteiger partial charge in [-0.15, -0.1) is 0 Å². The molecular weight excluding hydrogens is 665 g/mol. The van der Waals surface area contributed by atoms with Crippen molar-refractivity contribution in [1.82, 2.24) is 4.90 Å². The van der Waals surface area contributed by atoms with E-state index in [2.05, 4.69) is 0 Å². The van der Waals surface area contributed by atoms with Crippen LogP contribution in [-0.2, 0) is 59.3 Å². The smallest absolute Gasteiger partial charge is 0.294 e. The van der Waals surface area contributed by atoms with Crippen LogP contribution in [0.1, 0.15) is 54.9 Å². The van der Waals surface area contributed by atoms with Crippen LogP contribution in [0.2, 0.25) is 0 Å². The fourth-order valence-corrected chi connectivity index (χ4v) is 7.03. The molecule has 6 rings (SSSR count). The van der Waals surface area contributed by atoms with Gasteiger partial charge in [-0.05, 0) is 87.7 Å². The van der Waals surface area contributed by atoms with Gasteiger partial charge in [0.25, 0.3) is 26.1 Å². The van der Waals surface area contributed by atoms with Crippen molar-refractivity contribution in [2.75, 3.05) is 0 Å². The minimum absolute atomic E-state index is 0.188. The maximum Gasteiger partial charge on any atom is 0.294 e. The molecule has 0 fully saturated rings. The van der Waals surface area contributed by atoms with Gasteiger partial charge >= 0.3 is 0 Å². The first kappa shape index (κ1) is 34.0. The highest BCUT2D eigenvalue weighted by Crippen LogP contribution is 2.34. The maximum atomic E-state index is 14.6. The SMILES string of the molecule is NCc1cccc2c1CN(C(=O)c1c(Cc3ccc(S(=O)(=O)O)cc3)cc(Cc3ccc(S(=O)(=O)O)cc3)cc1OCc1ccccc1)C2. The number of amides is 1. The highest BCUT2D eigenvalue weighted by Gasteiger charge is 2.30. The van der Waals surface area contributed by atoms with E-state index in [1.165, 1.54) is 24.3 Å². The summed E-state index contributed by atoms with van der Waals surface area (Å²) >= 11 is 0. The lowest BCUT2D eigenvalue weighted by atomic mass is 9.93. The van der Waals surface area contributed by atoms with Crippen LogP contribution in [0.4, 0.5) is 0 Å². The Labute approximate surface area is 285 Å². The molecule has 0 aliphatic carbocycles. The van der Waals surface area contributed by atoms with Gasteiger partial charge in [0.05, 0.1) is 15.4 Å². The van der Waals surface area contributed by atoms with Crippen molar-refractivity contribution in [3.8, 4) is 5.75 Å². The maximum absolute atomic E-state index is 14.6. The number of rotatable bonds is 11. The number of carbonyl (C=O) groups excluding carboxylic acids is 1. The summed E-state index contributed by atoms with van der Waals surface area (Å²) in [5.41, 5.74) is 13.2. The Morgan fingerprint density at radius 2 is 1.29 bits per heavy atom. The molecule has 0 saturated heterocycles. The van der Waals surface area contributed by atoms with Gasteiger partial charge in [-0.25, -0.2) is 0 Å². The Bertz CT molecular complexity index is 2220. The number of hydrogen-bond donors (Lipinski definition) is 3. The zero-order valence-corrected chi connectivity index (χ0v) is 28.0. The van der Waals surface area contributed by atoms with Gasteiger partial charge in [-0.1, -0.05) is 78.9 Å². The molecule has 49 heavy (non-hydrogen) atoms. The molecule has 0 atom stereocenters. The Morgan fingerprint density at radius 3 is 1.88 bits per heavy atom. The van der Waals surface area contributed by atoms with E-state index < -0.39 is 20.2 Å². The predicted molar refractivity (Wildman–Crippen MR) is 183 cm³/mol. The summed E-state index contributed by atoms with van der Waals surface area (Å²) in [6.45, 7) is 1.31. The van der Waals surface area contributed by atoms with Gasteiger partial charge < -0.3 is 15.4 Å². The standard InChI is InChI=1S/C37H34N2O8S2/c38-21-29-7-4-8-30-22-39(23-34(29)30)37(40)36-31(18-26-11-15-33(16-12-26)49(44,45)46)19-28(17-25-9-13-32(14-10-25)48(41,42)43)20-35(36)47-24-27-5-2-1-3-6-27/h1-16,19-20H,17-18,21-24,38H2,(H,41,42,43)(H,44,45,46). The van der Waals surface area contributed by atoms with Gasteiger partial charge in [-0.3, -0.25) is 13.9 Å². The molecule has 1 aliphatic heterocycles. The van der Waals surface area contributed by atoms with E-state index >= 15 is 0 Å². The first-order valence-corrected chi connectivity index (χ1v) is 18.3. The number of fused-ring (bicyclic) bond motifs is 1. The summed E-state index contributed by atoms with van der Waals surface area (Å²) < 4.78 is 71.9. The molecule has 1 heterocycles. The lowest BCUT2D eigenvalue weighted by molar-refractivity contribution is 0.0745. The van der Waals surface area contributed by atoms with Crippen molar-refractivity contribution in [3.63, 3.8) is 0 Å². The molecule has 252 valence electrons. The number of carbonyl (C=O) groups is 1. The minimum Gasteiger partial charge on any atom is -0.488 e. The van der Waals surface area contributed by atoms with Crippen LogP contribution < -0.4 is 10.5 Å². The van der Waals surface area contributed by atoms with Crippen LogP contribution in [0.5, 0.6) is 5.75 Å². The molecule has 0 unspecified atom stereocenters. The van der Waals surface area contributed by atoms with E-state index in [0.717, 1.165) is 33.4 Å². The van der Waals surface area contributed by atoms with Gasteiger partial charge in [0.2, 0.25) is 0 Å². The number of nitrogens with zero attached hydrogens (tertiary/aromatic N) is 1. The minimum atomic E-state index is -4.39. The first-order valence-electron chi connectivity index (χ1n) is 15.4. The van der Waals surface area contributed by atoms with Crippen molar-refractivity contribution >= 4 is 26.1 Å². The molecule has 5 aromatic carbocycles. The van der Waals surface area contributed by atoms with Crippen LogP contribution in [0.3, 0.4) is 0 Å². The largest absolute Gasteiger partial charge is 0.488 e. The number of benzene rings is 5. The van der Waals surface area contributed by atoms with E-state index in [9.17, 15) is 30.7 Å². The zero-order valence-electron chi connectivity index (χ0n) is 26.3. The van der Waals surface area contributed by atoms with Gasteiger partial charge in [0.15, 0.2) is 0 Å². The Kier molecular flexibility index (Phi) is 9.68. The Balaban J connectivity index is 1.44. The average molecular weight is 699 g/mol. The van der Waals surface area contributed by atoms with Crippen LogP contribution in [0.15, 0.2) is 119 Å². The molecule has 0 saturated carbocycles. The molecule has 1 amide bonds. The molecule has 0 radical (unpaired) electrons. The topological polar surface area (TPSA) is 164 Å². The molecule has 5 aromatic rings. The van der Waals surface area contributed by atoms with Gasteiger partial charge in [-0.2, -0.15) is 16.8 Å². The summed E-state index contributed by atoms with van der Waals surface area (Å²) in [4.78, 5) is 15.9. The van der Waals surface area contributed by atoms with Crippen molar-refractivity contribution in [2.24, 2.45) is 5.73 Å². The quantitative estimate of drug-likeness (QED) is 0.150. The molecular formula is C37H34N2O8S2. The van der Waals surface area contributed by atoms with Crippen molar-refractivity contribution in [2.45, 2.75) is 48.9 Å². The van der Waals surface area contributed by atoms with Crippen LogP contribution >= 0.6 is 0 Å². The highest BCUT2D eigenvalue weighted by molar-refractivity contribution is 7.86. The van der Waals surface area contributed by atoms with Crippen LogP contribution in [-0.4, -0.2) is 36.7 Å². The molecule has 12 heteroatoms. The number of hydrogen-bond acceptors (Lipinski definition) is 7. The second kappa shape index (κ2) is 13.9. The summed E-state index contributed by atoms with van der Waals surface area (Å²) in [6.07, 6.45) is 0.588. The summed E-state index contributed by atoms with van der Waals surface area (Å²) in [5, 5.41) is 0. The number of ether oxygens (including phenoxy) is 1. The predicted octanol–water partition coefficient (Wildman–Crippen LogP) is 5.56. The van der Waals surface area contributed by atoms with E-state index in [0.29, 0.717) is 48.5 Å². The third-order valence-electron chi connectivity index (χ3n) is 8.53. The van der Waals surface area contributed by atoms with E-state index in [-0.39, 0.29) is 28.7 Å². The van der Waals surface area contributed by atoms with E-state index in [1.54, 1.807) is 29.2 Å². The fourth-order valence-electron chi connectivity index (χ4n) is 6.07. The van der Waals surface area contributed by atoms with Crippen LogP contribution in [0, 0.1) is 0 Å². The normalized spacial score (nSPS) is 12.9. The van der Waals surface area contributed by atoms with Crippen molar-refractivity contribution in [1.29, 1.82) is 0 Å². The van der Waals surface area contributed by atoms with Gasteiger partial charge in [0, 0.05) is 19.6 Å². The van der Waals surface area contributed by atoms with Crippen molar-refractivity contribution < 1.29 is 35.5 Å². The first-order chi connectivity index (χ1) is 23.4. The third kappa shape index (κ3) is 7.90. The zero-order chi connectivity index (χ0) is 34.8. The molecule has 0 spiro atoms. The van der Waals surface area contributed by atoms with Crippen LogP contribution in [0.25, 0.3) is 0 Å². The number of nitrogens with two attached hydrogens (primary N) is 1. The molecule has 0 aromatic heterocycles. The second-order valence-corrected chi connectivity index (χ2v) is 14.8. The monoisotopic (exact) mass is 698 g/mol. The molecule has 0 bridgehead atoms. The lowest BCUT2D eigenvalue weighted by Crippen LogP contribution is -2.27. The average Bonchev–Trinajstić information content (AvgIpc) is 3.52. The molecule has 1 aliphatic rings. The highest BCUT2D eigenvalue weighted by atomic mass is 32.2. The Morgan fingerprint density at radius 1 is 0.673 bits per heavy atom. The van der Waals surface area contributed by atoms with E-state index in [1.807, 2.05) is 60.7 Å². The van der Waals surface area contributed by atoms with Crippen molar-refractivity contribution in [3.05, 3.63) is 159 Å². The molecule has 4 N–H and O–H groups in total. The summed E-state index contributed by atoms with van der Waals surface area (Å²) in [6, 6.07) is 30.8.